The van der Waals surface area contributed by atoms with Crippen LogP contribution >= 0.6 is 11.6 Å². The molecule has 0 fully saturated rings. The average molecular weight is 324 g/mol. The highest BCUT2D eigenvalue weighted by molar-refractivity contribution is 7.92. The molecule has 0 unspecified atom stereocenters. The van der Waals surface area contributed by atoms with Crippen molar-refractivity contribution in [3.8, 4) is 0 Å². The van der Waals surface area contributed by atoms with Gasteiger partial charge in [0, 0.05) is 12.9 Å². The maximum absolute atomic E-state index is 12.8. The predicted molar refractivity (Wildman–Crippen MR) is 87.5 cm³/mol. The summed E-state index contributed by atoms with van der Waals surface area (Å²) in [4.78, 5) is 0.301. The van der Waals surface area contributed by atoms with Gasteiger partial charge in [0.05, 0.1) is 10.6 Å². The number of hydrogen-bond acceptors (Lipinski definition) is 2. The molecule has 2 rings (SSSR count). The third-order valence-electron chi connectivity index (χ3n) is 3.54. The van der Waals surface area contributed by atoms with Crippen LogP contribution in [0.2, 0.25) is 0 Å². The van der Waals surface area contributed by atoms with Gasteiger partial charge in [0.1, 0.15) is 0 Å². The lowest BCUT2D eigenvalue weighted by atomic mass is 10.1. The maximum atomic E-state index is 12.8. The second-order valence-electron chi connectivity index (χ2n) is 4.99. The number of halogens is 1. The summed E-state index contributed by atoms with van der Waals surface area (Å²) < 4.78 is 26.9. The standard InChI is InChI=1S/C16H18ClNO2S/c1-12-9-13(2)16(10-14(12)11-17)21(19,20)18(3)15-7-5-4-6-8-15/h4-10H,11H2,1-3H3. The van der Waals surface area contributed by atoms with Crippen LogP contribution in [-0.2, 0) is 15.9 Å². The van der Waals surface area contributed by atoms with Crippen molar-refractivity contribution < 1.29 is 8.42 Å². The van der Waals surface area contributed by atoms with E-state index in [2.05, 4.69) is 0 Å². The van der Waals surface area contributed by atoms with Crippen molar-refractivity contribution in [3.63, 3.8) is 0 Å². The fourth-order valence-electron chi connectivity index (χ4n) is 2.22. The molecular weight excluding hydrogens is 306 g/mol. The smallest absolute Gasteiger partial charge is 0.264 e. The first-order valence-electron chi connectivity index (χ1n) is 6.58. The van der Waals surface area contributed by atoms with Crippen molar-refractivity contribution in [1.29, 1.82) is 0 Å². The SMILES string of the molecule is Cc1cc(C)c(S(=O)(=O)N(C)c2ccccc2)cc1CCl. The largest absolute Gasteiger partial charge is 0.269 e. The van der Waals surface area contributed by atoms with Crippen LogP contribution in [0.5, 0.6) is 0 Å². The molecule has 0 radical (unpaired) electrons. The zero-order chi connectivity index (χ0) is 15.6. The second kappa shape index (κ2) is 6.08. The normalized spacial score (nSPS) is 11.4. The van der Waals surface area contributed by atoms with E-state index in [9.17, 15) is 8.42 Å². The molecule has 0 atom stereocenters. The van der Waals surface area contributed by atoms with Crippen molar-refractivity contribution in [2.24, 2.45) is 0 Å². The van der Waals surface area contributed by atoms with Gasteiger partial charge in [-0.05, 0) is 48.7 Å². The molecule has 0 heterocycles. The third kappa shape index (κ3) is 3.06. The van der Waals surface area contributed by atoms with E-state index in [4.69, 9.17) is 11.6 Å². The lowest BCUT2D eigenvalue weighted by Gasteiger charge is -2.21. The van der Waals surface area contributed by atoms with Crippen LogP contribution in [0.4, 0.5) is 5.69 Å². The van der Waals surface area contributed by atoms with Gasteiger partial charge in [0.15, 0.2) is 0 Å². The van der Waals surface area contributed by atoms with Crippen molar-refractivity contribution in [2.45, 2.75) is 24.6 Å². The zero-order valence-electron chi connectivity index (χ0n) is 12.3. The molecule has 0 aromatic heterocycles. The van der Waals surface area contributed by atoms with Crippen LogP contribution in [0.3, 0.4) is 0 Å². The van der Waals surface area contributed by atoms with Crippen LogP contribution in [-0.4, -0.2) is 15.5 Å². The topological polar surface area (TPSA) is 37.4 Å². The Labute approximate surface area is 131 Å². The minimum atomic E-state index is -3.60. The number of hydrogen-bond donors (Lipinski definition) is 0. The molecule has 0 aliphatic rings. The van der Waals surface area contributed by atoms with Crippen LogP contribution in [0.25, 0.3) is 0 Å². The van der Waals surface area contributed by atoms with E-state index >= 15 is 0 Å². The van der Waals surface area contributed by atoms with Crippen LogP contribution in [0.15, 0.2) is 47.4 Å². The van der Waals surface area contributed by atoms with E-state index in [1.54, 1.807) is 32.2 Å². The fraction of sp³-hybridized carbons (Fsp3) is 0.250. The molecule has 0 saturated carbocycles. The van der Waals surface area contributed by atoms with Crippen LogP contribution in [0, 0.1) is 13.8 Å². The maximum Gasteiger partial charge on any atom is 0.264 e. The van der Waals surface area contributed by atoms with Crippen LogP contribution < -0.4 is 4.31 Å². The predicted octanol–water partition coefficient (Wildman–Crippen LogP) is 3.87. The van der Waals surface area contributed by atoms with Gasteiger partial charge in [-0.15, -0.1) is 11.6 Å². The molecule has 3 nitrogen and oxygen atoms in total. The van der Waals surface area contributed by atoms with E-state index in [1.807, 2.05) is 31.2 Å². The summed E-state index contributed by atoms with van der Waals surface area (Å²) in [5.74, 6) is 0.295. The molecule has 0 spiro atoms. The number of para-hydroxylation sites is 1. The number of benzene rings is 2. The Balaban J connectivity index is 2.54. The Hall–Kier alpha value is -1.52. The van der Waals surface area contributed by atoms with Gasteiger partial charge in [-0.1, -0.05) is 24.3 Å². The summed E-state index contributed by atoms with van der Waals surface area (Å²) in [7, 11) is -2.04. The number of nitrogens with zero attached hydrogens (tertiary/aromatic N) is 1. The quantitative estimate of drug-likeness (QED) is 0.801. The number of aryl methyl sites for hydroxylation is 2. The van der Waals surface area contributed by atoms with Gasteiger partial charge in [0.2, 0.25) is 0 Å². The highest BCUT2D eigenvalue weighted by atomic mass is 35.5. The number of rotatable bonds is 4. The monoisotopic (exact) mass is 323 g/mol. The summed E-state index contributed by atoms with van der Waals surface area (Å²) in [6.45, 7) is 3.73. The molecule has 2 aromatic carbocycles. The second-order valence-corrected chi connectivity index (χ2v) is 7.19. The number of alkyl halides is 1. The number of anilines is 1. The molecule has 112 valence electrons. The molecule has 0 amide bonds. The van der Waals surface area contributed by atoms with Gasteiger partial charge in [-0.2, -0.15) is 0 Å². The highest BCUT2D eigenvalue weighted by Crippen LogP contribution is 2.27. The van der Waals surface area contributed by atoms with Crippen molar-refractivity contribution in [2.75, 3.05) is 11.4 Å². The Morgan fingerprint density at radius 3 is 2.24 bits per heavy atom. The van der Waals surface area contributed by atoms with E-state index in [0.717, 1.165) is 16.7 Å². The molecule has 5 heteroatoms. The van der Waals surface area contributed by atoms with E-state index < -0.39 is 10.0 Å². The van der Waals surface area contributed by atoms with Gasteiger partial charge >= 0.3 is 0 Å². The lowest BCUT2D eigenvalue weighted by molar-refractivity contribution is 0.593. The fourth-order valence-corrected chi connectivity index (χ4v) is 3.96. The van der Waals surface area contributed by atoms with Crippen molar-refractivity contribution in [3.05, 3.63) is 59.2 Å². The van der Waals surface area contributed by atoms with Crippen LogP contribution in [0.1, 0.15) is 16.7 Å². The molecule has 0 aliphatic heterocycles. The minimum absolute atomic E-state index is 0.295. The summed E-state index contributed by atoms with van der Waals surface area (Å²) in [5, 5.41) is 0. The Bertz CT molecular complexity index is 742. The van der Waals surface area contributed by atoms with E-state index in [1.165, 1.54) is 4.31 Å². The first kappa shape index (κ1) is 15.9. The van der Waals surface area contributed by atoms with Gasteiger partial charge in [0.25, 0.3) is 10.0 Å². The molecule has 0 saturated heterocycles. The highest BCUT2D eigenvalue weighted by Gasteiger charge is 2.24. The van der Waals surface area contributed by atoms with Gasteiger partial charge < -0.3 is 0 Å². The first-order chi connectivity index (χ1) is 9.87. The van der Waals surface area contributed by atoms with Crippen molar-refractivity contribution in [1.82, 2.24) is 0 Å². The molecular formula is C16H18ClNO2S. The zero-order valence-corrected chi connectivity index (χ0v) is 13.9. The lowest BCUT2D eigenvalue weighted by Crippen LogP contribution is -2.27. The molecule has 0 aliphatic carbocycles. The summed E-state index contributed by atoms with van der Waals surface area (Å²) in [6.07, 6.45) is 0. The summed E-state index contributed by atoms with van der Waals surface area (Å²) >= 11 is 5.89. The van der Waals surface area contributed by atoms with E-state index in [0.29, 0.717) is 16.5 Å². The summed E-state index contributed by atoms with van der Waals surface area (Å²) in [5.41, 5.74) is 3.19. The van der Waals surface area contributed by atoms with E-state index in [-0.39, 0.29) is 0 Å². The van der Waals surface area contributed by atoms with Gasteiger partial charge in [-0.25, -0.2) is 8.42 Å². The third-order valence-corrected chi connectivity index (χ3v) is 5.75. The van der Waals surface area contributed by atoms with Crippen molar-refractivity contribution >= 4 is 27.3 Å². The molecule has 0 bridgehead atoms. The first-order valence-corrected chi connectivity index (χ1v) is 8.55. The Morgan fingerprint density at radius 2 is 1.67 bits per heavy atom. The average Bonchev–Trinajstić information content (AvgIpc) is 2.47. The molecule has 0 N–H and O–H groups in total. The van der Waals surface area contributed by atoms with Gasteiger partial charge in [-0.3, -0.25) is 4.31 Å². The summed E-state index contributed by atoms with van der Waals surface area (Å²) in [6, 6.07) is 12.6. The Kier molecular flexibility index (Phi) is 4.59. The molecule has 21 heavy (non-hydrogen) atoms. The minimum Gasteiger partial charge on any atom is -0.269 e. The molecule has 2 aromatic rings. The Morgan fingerprint density at radius 1 is 1.05 bits per heavy atom. The number of sulfonamides is 1.